The fourth-order valence-corrected chi connectivity index (χ4v) is 2.64. The van der Waals surface area contributed by atoms with E-state index in [2.05, 4.69) is 60.6 Å². The van der Waals surface area contributed by atoms with Crippen molar-refractivity contribution >= 4 is 11.6 Å². The van der Waals surface area contributed by atoms with Gasteiger partial charge in [-0.1, -0.05) is 60.6 Å². The molecule has 0 aromatic heterocycles. The number of rotatable bonds is 3. The van der Waals surface area contributed by atoms with Crippen LogP contribution in [0.3, 0.4) is 0 Å². The highest BCUT2D eigenvalue weighted by molar-refractivity contribution is 6.17. The molecule has 0 spiro atoms. The number of benzene rings is 1. The first-order valence-electron chi connectivity index (χ1n) is 6.91. The molecule has 0 amide bonds. The Kier molecular flexibility index (Phi) is 4.89. The Balaban J connectivity index is 3.54. The Morgan fingerprint density at radius 1 is 0.944 bits per heavy atom. The first-order valence-corrected chi connectivity index (χ1v) is 7.45. The van der Waals surface area contributed by atoms with Gasteiger partial charge in [0.1, 0.15) is 0 Å². The maximum absolute atomic E-state index is 6.19. The minimum atomic E-state index is 0.193. The minimum Gasteiger partial charge on any atom is -0.122 e. The summed E-state index contributed by atoms with van der Waals surface area (Å²) in [4.78, 5) is 0. The predicted octanol–water partition coefficient (Wildman–Crippen LogP) is 5.97. The first-order chi connectivity index (χ1) is 8.18. The standard InChI is InChI=1S/C17H27Cl/c1-11(2)14-8-13(17(5,6)7)9-15(12(3)4)16(14)10-18/h8-9,11-12H,10H2,1-7H3. The topological polar surface area (TPSA) is 0 Å². The highest BCUT2D eigenvalue weighted by Crippen LogP contribution is 2.34. The van der Waals surface area contributed by atoms with E-state index in [1.54, 1.807) is 0 Å². The van der Waals surface area contributed by atoms with Crippen molar-refractivity contribution in [2.75, 3.05) is 0 Å². The van der Waals surface area contributed by atoms with Crippen LogP contribution in [0.1, 0.15) is 82.6 Å². The molecule has 1 aromatic carbocycles. The second kappa shape index (κ2) is 5.65. The average molecular weight is 267 g/mol. The van der Waals surface area contributed by atoms with Crippen molar-refractivity contribution in [2.24, 2.45) is 0 Å². The van der Waals surface area contributed by atoms with Crippen LogP contribution in [-0.2, 0) is 11.3 Å². The van der Waals surface area contributed by atoms with E-state index >= 15 is 0 Å². The SMILES string of the molecule is CC(C)c1cc(C(C)(C)C)cc(C(C)C)c1CCl. The van der Waals surface area contributed by atoms with Gasteiger partial charge in [0.15, 0.2) is 0 Å². The second-order valence-corrected chi connectivity index (χ2v) is 7.09. The van der Waals surface area contributed by atoms with E-state index in [-0.39, 0.29) is 5.41 Å². The first kappa shape index (κ1) is 15.6. The van der Waals surface area contributed by atoms with E-state index in [4.69, 9.17) is 11.6 Å². The average Bonchev–Trinajstić information content (AvgIpc) is 2.25. The van der Waals surface area contributed by atoms with Gasteiger partial charge in [0, 0.05) is 5.88 Å². The fraction of sp³-hybridized carbons (Fsp3) is 0.647. The molecular weight excluding hydrogens is 240 g/mol. The summed E-state index contributed by atoms with van der Waals surface area (Å²) in [6.07, 6.45) is 0. The molecule has 0 nitrogen and oxygen atoms in total. The molecule has 0 saturated heterocycles. The molecule has 0 radical (unpaired) electrons. The van der Waals surface area contributed by atoms with Crippen molar-refractivity contribution < 1.29 is 0 Å². The van der Waals surface area contributed by atoms with E-state index in [1.807, 2.05) is 0 Å². The lowest BCUT2D eigenvalue weighted by Gasteiger charge is -2.26. The van der Waals surface area contributed by atoms with Crippen LogP contribution in [0.2, 0.25) is 0 Å². The Morgan fingerprint density at radius 3 is 1.56 bits per heavy atom. The van der Waals surface area contributed by atoms with E-state index < -0.39 is 0 Å². The van der Waals surface area contributed by atoms with Crippen molar-refractivity contribution in [3.63, 3.8) is 0 Å². The van der Waals surface area contributed by atoms with Crippen LogP contribution < -0.4 is 0 Å². The van der Waals surface area contributed by atoms with Crippen LogP contribution in [0.5, 0.6) is 0 Å². The van der Waals surface area contributed by atoms with Crippen molar-refractivity contribution in [1.29, 1.82) is 0 Å². The molecule has 0 saturated carbocycles. The number of hydrogen-bond donors (Lipinski definition) is 0. The third-order valence-electron chi connectivity index (χ3n) is 3.56. The van der Waals surface area contributed by atoms with Gasteiger partial charge < -0.3 is 0 Å². The molecule has 0 bridgehead atoms. The lowest BCUT2D eigenvalue weighted by molar-refractivity contribution is 0.586. The Hall–Kier alpha value is -0.490. The van der Waals surface area contributed by atoms with Gasteiger partial charge in [-0.05, 0) is 39.5 Å². The van der Waals surface area contributed by atoms with Gasteiger partial charge in [-0.3, -0.25) is 0 Å². The van der Waals surface area contributed by atoms with E-state index in [1.165, 1.54) is 22.3 Å². The molecule has 0 N–H and O–H groups in total. The third kappa shape index (κ3) is 3.29. The molecule has 0 aliphatic heterocycles. The number of halogens is 1. The summed E-state index contributed by atoms with van der Waals surface area (Å²) >= 11 is 6.19. The normalized spacial score (nSPS) is 12.6. The quantitative estimate of drug-likeness (QED) is 0.591. The van der Waals surface area contributed by atoms with E-state index in [9.17, 15) is 0 Å². The molecule has 1 rings (SSSR count). The Morgan fingerprint density at radius 2 is 1.33 bits per heavy atom. The molecule has 0 fully saturated rings. The largest absolute Gasteiger partial charge is 0.122 e. The highest BCUT2D eigenvalue weighted by Gasteiger charge is 2.20. The predicted molar refractivity (Wildman–Crippen MR) is 82.9 cm³/mol. The molecule has 102 valence electrons. The lowest BCUT2D eigenvalue weighted by Crippen LogP contribution is -2.14. The van der Waals surface area contributed by atoms with E-state index in [0.29, 0.717) is 17.7 Å². The van der Waals surface area contributed by atoms with Gasteiger partial charge in [0.05, 0.1) is 0 Å². The van der Waals surface area contributed by atoms with Gasteiger partial charge in [0.2, 0.25) is 0 Å². The van der Waals surface area contributed by atoms with Crippen LogP contribution in [-0.4, -0.2) is 0 Å². The zero-order chi connectivity index (χ0) is 14.1. The van der Waals surface area contributed by atoms with Crippen LogP contribution in [0, 0.1) is 0 Å². The van der Waals surface area contributed by atoms with Crippen molar-refractivity contribution in [3.8, 4) is 0 Å². The lowest BCUT2D eigenvalue weighted by atomic mass is 9.80. The maximum Gasteiger partial charge on any atom is 0.0479 e. The third-order valence-corrected chi connectivity index (χ3v) is 3.83. The summed E-state index contributed by atoms with van der Waals surface area (Å²) in [6, 6.07) is 4.71. The summed E-state index contributed by atoms with van der Waals surface area (Å²) in [6.45, 7) is 15.8. The molecule has 18 heavy (non-hydrogen) atoms. The summed E-state index contributed by atoms with van der Waals surface area (Å²) in [7, 11) is 0. The molecule has 1 aromatic rings. The van der Waals surface area contributed by atoms with Crippen LogP contribution in [0.25, 0.3) is 0 Å². The second-order valence-electron chi connectivity index (χ2n) is 6.83. The maximum atomic E-state index is 6.19. The molecular formula is C17H27Cl. The van der Waals surface area contributed by atoms with Crippen LogP contribution >= 0.6 is 11.6 Å². The van der Waals surface area contributed by atoms with Crippen molar-refractivity contribution in [1.82, 2.24) is 0 Å². The van der Waals surface area contributed by atoms with Crippen molar-refractivity contribution in [2.45, 2.75) is 71.6 Å². The summed E-state index contributed by atoms with van der Waals surface area (Å²) in [5.41, 5.74) is 5.79. The Bertz CT molecular complexity index is 379. The monoisotopic (exact) mass is 266 g/mol. The summed E-state index contributed by atoms with van der Waals surface area (Å²) < 4.78 is 0. The smallest absolute Gasteiger partial charge is 0.0479 e. The minimum absolute atomic E-state index is 0.193. The fourth-order valence-electron chi connectivity index (χ4n) is 2.34. The molecule has 0 atom stereocenters. The molecule has 0 unspecified atom stereocenters. The van der Waals surface area contributed by atoms with Gasteiger partial charge in [-0.2, -0.15) is 0 Å². The molecule has 1 heteroatoms. The number of alkyl halides is 1. The zero-order valence-electron chi connectivity index (χ0n) is 12.9. The highest BCUT2D eigenvalue weighted by atomic mass is 35.5. The molecule has 0 aliphatic carbocycles. The summed E-state index contributed by atoms with van der Waals surface area (Å²) in [5, 5.41) is 0. The zero-order valence-corrected chi connectivity index (χ0v) is 13.7. The molecule has 0 aliphatic rings. The van der Waals surface area contributed by atoms with Crippen LogP contribution in [0.15, 0.2) is 12.1 Å². The van der Waals surface area contributed by atoms with Gasteiger partial charge >= 0.3 is 0 Å². The van der Waals surface area contributed by atoms with Gasteiger partial charge in [0.25, 0.3) is 0 Å². The number of hydrogen-bond acceptors (Lipinski definition) is 0. The van der Waals surface area contributed by atoms with Crippen LogP contribution in [0.4, 0.5) is 0 Å². The van der Waals surface area contributed by atoms with Crippen molar-refractivity contribution in [3.05, 3.63) is 34.4 Å². The van der Waals surface area contributed by atoms with E-state index in [0.717, 1.165) is 0 Å². The van der Waals surface area contributed by atoms with Gasteiger partial charge in [-0.15, -0.1) is 11.6 Å². The molecule has 0 heterocycles. The Labute approximate surface area is 118 Å². The summed E-state index contributed by atoms with van der Waals surface area (Å²) in [5.74, 6) is 1.67. The van der Waals surface area contributed by atoms with Gasteiger partial charge in [-0.25, -0.2) is 0 Å².